The van der Waals surface area contributed by atoms with Crippen LogP contribution in [-0.2, 0) is 0 Å². The number of hydrogen-bond acceptors (Lipinski definition) is 5. The van der Waals surface area contributed by atoms with E-state index in [2.05, 4.69) is 30.8 Å². The van der Waals surface area contributed by atoms with Gasteiger partial charge in [0, 0.05) is 7.05 Å². The van der Waals surface area contributed by atoms with Gasteiger partial charge in [0.1, 0.15) is 11.6 Å². The molecule has 1 aromatic carbocycles. The fourth-order valence-corrected chi connectivity index (χ4v) is 1.97. The molecule has 6 nitrogen and oxygen atoms in total. The van der Waals surface area contributed by atoms with E-state index in [0.717, 1.165) is 0 Å². The van der Waals surface area contributed by atoms with E-state index < -0.39 is 5.82 Å². The average Bonchev–Trinajstić information content (AvgIpc) is 2.90. The molecule has 20 heavy (non-hydrogen) atoms. The Labute approximate surface area is 118 Å². The number of aromatic nitrogens is 4. The van der Waals surface area contributed by atoms with Gasteiger partial charge in [-0.1, -0.05) is 11.6 Å². The second-order valence-corrected chi connectivity index (χ2v) is 4.43. The van der Waals surface area contributed by atoms with Crippen LogP contribution >= 0.6 is 11.6 Å². The Hall–Kier alpha value is -2.41. The van der Waals surface area contributed by atoms with E-state index in [-0.39, 0.29) is 5.02 Å². The molecule has 0 aliphatic rings. The zero-order valence-corrected chi connectivity index (χ0v) is 11.2. The summed E-state index contributed by atoms with van der Waals surface area (Å²) >= 11 is 5.99. The molecule has 8 heteroatoms. The smallest absolute Gasteiger partial charge is 0.226 e. The predicted molar refractivity (Wildman–Crippen MR) is 75.9 cm³/mol. The van der Waals surface area contributed by atoms with Gasteiger partial charge in [0.25, 0.3) is 0 Å². The second-order valence-electron chi connectivity index (χ2n) is 4.03. The fraction of sp³-hybridized carbons (Fsp3) is 0.0833. The van der Waals surface area contributed by atoms with Gasteiger partial charge in [-0.05, 0) is 18.2 Å². The quantitative estimate of drug-likeness (QED) is 0.692. The Morgan fingerprint density at radius 1 is 1.30 bits per heavy atom. The van der Waals surface area contributed by atoms with Gasteiger partial charge in [-0.2, -0.15) is 15.1 Å². The molecule has 0 saturated heterocycles. The minimum atomic E-state index is -0.396. The second kappa shape index (κ2) is 4.93. The van der Waals surface area contributed by atoms with E-state index in [1.807, 2.05) is 0 Å². The zero-order chi connectivity index (χ0) is 14.1. The van der Waals surface area contributed by atoms with Crippen molar-refractivity contribution in [1.82, 2.24) is 20.2 Å². The van der Waals surface area contributed by atoms with Crippen molar-refractivity contribution >= 4 is 40.1 Å². The highest BCUT2D eigenvalue weighted by Crippen LogP contribution is 2.28. The maximum atomic E-state index is 13.0. The number of aromatic amines is 1. The summed E-state index contributed by atoms with van der Waals surface area (Å²) in [5, 5.41) is 13.6. The van der Waals surface area contributed by atoms with Crippen molar-refractivity contribution in [1.29, 1.82) is 0 Å². The predicted octanol–water partition coefficient (Wildman–Crippen LogP) is 2.93. The van der Waals surface area contributed by atoms with Crippen LogP contribution < -0.4 is 10.6 Å². The summed E-state index contributed by atoms with van der Waals surface area (Å²) in [6.07, 6.45) is 1.61. The van der Waals surface area contributed by atoms with Crippen molar-refractivity contribution in [3.63, 3.8) is 0 Å². The van der Waals surface area contributed by atoms with Crippen molar-refractivity contribution in [2.75, 3.05) is 17.7 Å². The first kappa shape index (κ1) is 12.6. The van der Waals surface area contributed by atoms with E-state index in [0.29, 0.717) is 28.5 Å². The van der Waals surface area contributed by atoms with Crippen molar-refractivity contribution in [3.8, 4) is 0 Å². The lowest BCUT2D eigenvalue weighted by atomic mass is 10.3. The lowest BCUT2D eigenvalue weighted by Gasteiger charge is -2.09. The van der Waals surface area contributed by atoms with Gasteiger partial charge in [-0.3, -0.25) is 5.10 Å². The van der Waals surface area contributed by atoms with Crippen LogP contribution in [-0.4, -0.2) is 27.2 Å². The number of anilines is 3. The number of benzene rings is 1. The normalized spacial score (nSPS) is 10.8. The molecule has 0 aliphatic heterocycles. The third-order valence-electron chi connectivity index (χ3n) is 2.72. The third kappa shape index (κ3) is 2.23. The Bertz CT molecular complexity index is 772. The van der Waals surface area contributed by atoms with Crippen LogP contribution in [0.2, 0.25) is 5.02 Å². The number of H-pyrrole nitrogens is 1. The summed E-state index contributed by atoms with van der Waals surface area (Å²) < 4.78 is 13.0. The monoisotopic (exact) mass is 292 g/mol. The average molecular weight is 293 g/mol. The first-order valence-electron chi connectivity index (χ1n) is 5.78. The number of nitrogens with one attached hydrogen (secondary N) is 3. The van der Waals surface area contributed by atoms with Crippen molar-refractivity contribution in [2.24, 2.45) is 0 Å². The van der Waals surface area contributed by atoms with E-state index in [1.165, 1.54) is 12.1 Å². The fourth-order valence-electron chi connectivity index (χ4n) is 1.76. The van der Waals surface area contributed by atoms with Gasteiger partial charge in [-0.15, -0.1) is 0 Å². The number of fused-ring (bicyclic) bond motifs is 1. The summed E-state index contributed by atoms with van der Waals surface area (Å²) in [4.78, 5) is 8.52. The molecule has 0 saturated carbocycles. The van der Waals surface area contributed by atoms with Gasteiger partial charge >= 0.3 is 0 Å². The minimum Gasteiger partial charge on any atom is -0.357 e. The minimum absolute atomic E-state index is 0.270. The van der Waals surface area contributed by atoms with Gasteiger partial charge in [0.05, 0.1) is 22.3 Å². The molecule has 0 fully saturated rings. The summed E-state index contributed by atoms with van der Waals surface area (Å²) in [6.45, 7) is 0. The van der Waals surface area contributed by atoms with Crippen LogP contribution in [0, 0.1) is 5.82 Å². The SMILES string of the molecule is CNc1nc(Nc2ccc(F)cc2Cl)c2cn[nH]c2n1. The standard InChI is InChI=1S/C12H10ClFN6/c1-15-12-18-10(7-5-16-20-11(7)19-12)17-9-3-2-6(14)4-8(9)13/h2-5H,1H3,(H3,15,16,17,18,19,20). The first-order valence-corrected chi connectivity index (χ1v) is 6.16. The number of nitrogens with zero attached hydrogens (tertiary/aromatic N) is 3. The van der Waals surface area contributed by atoms with Gasteiger partial charge in [-0.25, -0.2) is 4.39 Å². The first-order chi connectivity index (χ1) is 9.67. The molecule has 0 aliphatic carbocycles. The zero-order valence-electron chi connectivity index (χ0n) is 10.4. The Balaban J connectivity index is 2.07. The van der Waals surface area contributed by atoms with Crippen LogP contribution in [0.3, 0.4) is 0 Å². The number of halogens is 2. The van der Waals surface area contributed by atoms with Gasteiger partial charge in [0.2, 0.25) is 5.95 Å². The van der Waals surface area contributed by atoms with E-state index in [4.69, 9.17) is 11.6 Å². The largest absolute Gasteiger partial charge is 0.357 e. The number of hydrogen-bond donors (Lipinski definition) is 3. The molecule has 2 aromatic heterocycles. The van der Waals surface area contributed by atoms with E-state index in [9.17, 15) is 4.39 Å². The molecule has 3 rings (SSSR count). The van der Waals surface area contributed by atoms with Crippen LogP contribution in [0.25, 0.3) is 11.0 Å². The lowest BCUT2D eigenvalue weighted by molar-refractivity contribution is 0.628. The molecule has 0 spiro atoms. The maximum Gasteiger partial charge on any atom is 0.226 e. The van der Waals surface area contributed by atoms with Crippen LogP contribution in [0.4, 0.5) is 21.8 Å². The molecule has 3 N–H and O–H groups in total. The van der Waals surface area contributed by atoms with Crippen molar-refractivity contribution < 1.29 is 4.39 Å². The third-order valence-corrected chi connectivity index (χ3v) is 3.03. The molecule has 0 atom stereocenters. The summed E-state index contributed by atoms with van der Waals surface area (Å²) in [7, 11) is 1.71. The van der Waals surface area contributed by atoms with Gasteiger partial charge in [0.15, 0.2) is 5.65 Å². The molecular weight excluding hydrogens is 283 g/mol. The molecule has 0 bridgehead atoms. The van der Waals surface area contributed by atoms with Crippen LogP contribution in [0.5, 0.6) is 0 Å². The van der Waals surface area contributed by atoms with Crippen molar-refractivity contribution in [3.05, 3.63) is 35.2 Å². The molecule has 0 unspecified atom stereocenters. The maximum absolute atomic E-state index is 13.0. The summed E-state index contributed by atoms with van der Waals surface area (Å²) in [5.41, 5.74) is 1.14. The Kier molecular flexibility index (Phi) is 3.11. The Morgan fingerprint density at radius 3 is 2.90 bits per heavy atom. The molecule has 102 valence electrons. The van der Waals surface area contributed by atoms with Crippen molar-refractivity contribution in [2.45, 2.75) is 0 Å². The number of rotatable bonds is 3. The topological polar surface area (TPSA) is 78.5 Å². The highest BCUT2D eigenvalue weighted by molar-refractivity contribution is 6.33. The van der Waals surface area contributed by atoms with Crippen LogP contribution in [0.15, 0.2) is 24.4 Å². The molecule has 2 heterocycles. The molecule has 0 radical (unpaired) electrons. The summed E-state index contributed by atoms with van der Waals surface area (Å²) in [6, 6.07) is 4.10. The Morgan fingerprint density at radius 2 is 2.15 bits per heavy atom. The lowest BCUT2D eigenvalue weighted by Crippen LogP contribution is -2.01. The van der Waals surface area contributed by atoms with Gasteiger partial charge < -0.3 is 10.6 Å². The molecule has 0 amide bonds. The highest BCUT2D eigenvalue weighted by atomic mass is 35.5. The highest BCUT2D eigenvalue weighted by Gasteiger charge is 2.10. The summed E-state index contributed by atoms with van der Waals surface area (Å²) in [5.74, 6) is 0.566. The van der Waals surface area contributed by atoms with Crippen LogP contribution in [0.1, 0.15) is 0 Å². The molecule has 3 aromatic rings. The van der Waals surface area contributed by atoms with E-state index >= 15 is 0 Å². The van der Waals surface area contributed by atoms with E-state index in [1.54, 1.807) is 19.3 Å². The molecular formula is C12H10ClFN6.